The van der Waals surface area contributed by atoms with Gasteiger partial charge in [0.25, 0.3) is 0 Å². The zero-order chi connectivity index (χ0) is 48.8. The normalized spacial score (nSPS) is 13.0. The lowest BCUT2D eigenvalue weighted by Crippen LogP contribution is -2.26. The van der Waals surface area contributed by atoms with Gasteiger partial charge in [0.1, 0.15) is 11.2 Å². The van der Waals surface area contributed by atoms with Crippen LogP contribution in [0.15, 0.2) is 253 Å². The minimum Gasteiger partial charge on any atom is -0.455 e. The molecule has 346 valence electrons. The van der Waals surface area contributed by atoms with Gasteiger partial charge in [-0.05, 0) is 149 Å². The van der Waals surface area contributed by atoms with E-state index >= 15 is 0 Å². The number of hydrogen-bond acceptors (Lipinski definition) is 3. The first-order valence-electron chi connectivity index (χ1n) is 25.3. The number of benzene rings is 10. The maximum Gasteiger partial charge on any atom is 0.143 e. The van der Waals surface area contributed by atoms with Crippen LogP contribution in [0.5, 0.6) is 0 Å². The summed E-state index contributed by atoms with van der Waals surface area (Å²) in [4.78, 5) is 7.14. The zero-order valence-electron chi connectivity index (χ0n) is 41.0. The second kappa shape index (κ2) is 16.5. The summed E-state index contributed by atoms with van der Waals surface area (Å²) in [6.45, 7) is 6.82. The summed E-state index contributed by atoms with van der Waals surface area (Å²) in [5.74, 6) is 0. The van der Waals surface area contributed by atoms with Gasteiger partial charge in [-0.3, -0.25) is 4.98 Å². The lowest BCUT2D eigenvalue weighted by molar-refractivity contribution is 0.590. The topological polar surface area (TPSA) is 29.3 Å². The van der Waals surface area contributed by atoms with Crippen LogP contribution in [-0.2, 0) is 10.8 Å². The van der Waals surface area contributed by atoms with E-state index in [0.29, 0.717) is 0 Å². The molecule has 3 heteroatoms. The van der Waals surface area contributed by atoms with Crippen molar-refractivity contribution in [2.45, 2.75) is 31.6 Å². The second-order valence-electron chi connectivity index (χ2n) is 20.7. The van der Waals surface area contributed by atoms with Gasteiger partial charge in [0, 0.05) is 45.8 Å². The van der Waals surface area contributed by atoms with Crippen LogP contribution in [0.25, 0.3) is 88.7 Å². The average molecular weight is 935 g/mol. The molecule has 0 saturated carbocycles. The average Bonchev–Trinajstić information content (AvgIpc) is 4.08. The van der Waals surface area contributed by atoms with Crippen LogP contribution in [0.1, 0.15) is 48.6 Å². The Labute approximate surface area is 426 Å². The predicted molar refractivity (Wildman–Crippen MR) is 303 cm³/mol. The maximum absolute atomic E-state index is 6.69. The number of hydrogen-bond donors (Lipinski definition) is 0. The van der Waals surface area contributed by atoms with Gasteiger partial charge >= 0.3 is 0 Å². The summed E-state index contributed by atoms with van der Waals surface area (Å²) >= 11 is 0. The third-order valence-corrected chi connectivity index (χ3v) is 15.6. The molecule has 0 radical (unpaired) electrons. The molecule has 2 aliphatic rings. The van der Waals surface area contributed by atoms with Crippen LogP contribution < -0.4 is 4.90 Å². The van der Waals surface area contributed by atoms with E-state index in [1.165, 1.54) is 66.8 Å². The number of nitrogens with zero attached hydrogens (tertiary/aromatic N) is 2. The van der Waals surface area contributed by atoms with Gasteiger partial charge in [0.15, 0.2) is 0 Å². The minimum absolute atomic E-state index is 0.0228. The number of pyridine rings is 1. The van der Waals surface area contributed by atoms with Gasteiger partial charge in [-0.15, -0.1) is 0 Å². The van der Waals surface area contributed by atoms with Crippen LogP contribution in [0.4, 0.5) is 17.1 Å². The zero-order valence-corrected chi connectivity index (χ0v) is 41.0. The van der Waals surface area contributed by atoms with Gasteiger partial charge < -0.3 is 9.32 Å². The van der Waals surface area contributed by atoms with Crippen molar-refractivity contribution in [1.82, 2.24) is 4.98 Å². The fourth-order valence-corrected chi connectivity index (χ4v) is 12.1. The molecule has 0 saturated heterocycles. The van der Waals surface area contributed by atoms with Crippen molar-refractivity contribution in [1.29, 1.82) is 0 Å². The van der Waals surface area contributed by atoms with E-state index in [4.69, 9.17) is 9.40 Å². The van der Waals surface area contributed by atoms with Gasteiger partial charge in [-0.2, -0.15) is 0 Å². The first-order chi connectivity index (χ1) is 35.8. The molecule has 73 heavy (non-hydrogen) atoms. The summed E-state index contributed by atoms with van der Waals surface area (Å²) in [6.07, 6.45) is 4.03. The van der Waals surface area contributed by atoms with E-state index in [-0.39, 0.29) is 5.41 Å². The third-order valence-electron chi connectivity index (χ3n) is 15.6. The molecule has 14 rings (SSSR count). The lowest BCUT2D eigenvalue weighted by atomic mass is 9.70. The van der Waals surface area contributed by atoms with Crippen LogP contribution in [0.2, 0.25) is 0 Å². The predicted octanol–water partition coefficient (Wildman–Crippen LogP) is 18.8. The molecule has 2 heterocycles. The number of fused-ring (bicyclic) bond motifs is 13. The fraction of sp³-hybridized carbons (Fsp3) is 0.0714. The minimum atomic E-state index is -0.461. The van der Waals surface area contributed by atoms with Crippen molar-refractivity contribution in [3.63, 3.8) is 0 Å². The highest BCUT2D eigenvalue weighted by molar-refractivity contribution is 6.11. The molecule has 0 fully saturated rings. The van der Waals surface area contributed by atoms with E-state index in [9.17, 15) is 0 Å². The molecule has 1 spiro atoms. The van der Waals surface area contributed by atoms with E-state index < -0.39 is 5.41 Å². The summed E-state index contributed by atoms with van der Waals surface area (Å²) in [7, 11) is 0. The van der Waals surface area contributed by atoms with E-state index in [1.54, 1.807) is 0 Å². The highest BCUT2D eigenvalue weighted by atomic mass is 16.3. The monoisotopic (exact) mass is 934 g/mol. The van der Waals surface area contributed by atoms with Gasteiger partial charge in [0.05, 0.1) is 5.41 Å². The second-order valence-corrected chi connectivity index (χ2v) is 20.7. The fourth-order valence-electron chi connectivity index (χ4n) is 12.1. The van der Waals surface area contributed by atoms with Gasteiger partial charge in [-0.1, -0.05) is 203 Å². The molecule has 0 unspecified atom stereocenters. The molecule has 2 aromatic heterocycles. The molecule has 0 atom stereocenters. The molecule has 2 aliphatic carbocycles. The summed E-state index contributed by atoms with van der Waals surface area (Å²) < 4.78 is 6.69. The van der Waals surface area contributed by atoms with Crippen molar-refractivity contribution in [3.8, 4) is 66.8 Å². The van der Waals surface area contributed by atoms with E-state index in [2.05, 4.69) is 262 Å². The molecular formula is C70H50N2O. The van der Waals surface area contributed by atoms with Crippen LogP contribution >= 0.6 is 0 Å². The van der Waals surface area contributed by atoms with E-state index in [1.807, 2.05) is 12.3 Å². The molecule has 0 bridgehead atoms. The number of aromatic nitrogens is 1. The Kier molecular flexibility index (Phi) is 9.68. The Morgan fingerprint density at radius 1 is 0.370 bits per heavy atom. The Morgan fingerprint density at radius 3 is 1.62 bits per heavy atom. The molecule has 12 aromatic rings. The summed E-state index contributed by atoms with van der Waals surface area (Å²) in [5.41, 5.74) is 25.3. The number of rotatable bonds is 7. The standard InChI is InChI=1S/C70H50N2O/c1-69(2,3)50-31-24-48(25-32-50)62-43-53(37-39-54(62)60-19-13-20-61-59-18-9-12-23-67(59)73-68(60)61)72(51-33-26-46(27-34-51)45-14-5-4-6-15-45)52-35-28-47(29-36-52)49-30-38-57-58-40-41-71-44-66(58)70(65(57)42-49)63-21-10-7-16-55(63)56-17-8-11-22-64(56)70/h4-44H,1-3H3. The maximum atomic E-state index is 6.69. The van der Waals surface area contributed by atoms with Crippen molar-refractivity contribution >= 4 is 39.0 Å². The summed E-state index contributed by atoms with van der Waals surface area (Å²) in [6, 6.07) is 86.8. The third kappa shape index (κ3) is 6.69. The van der Waals surface area contributed by atoms with Crippen LogP contribution in [-0.4, -0.2) is 4.98 Å². The molecule has 3 nitrogen and oxygen atoms in total. The quantitative estimate of drug-likeness (QED) is 0.159. The lowest BCUT2D eigenvalue weighted by Gasteiger charge is -2.30. The Balaban J connectivity index is 0.921. The van der Waals surface area contributed by atoms with Gasteiger partial charge in [0.2, 0.25) is 0 Å². The van der Waals surface area contributed by atoms with Crippen molar-refractivity contribution in [3.05, 3.63) is 277 Å². The Hall–Kier alpha value is -9.05. The molecule has 0 amide bonds. The largest absolute Gasteiger partial charge is 0.455 e. The highest BCUT2D eigenvalue weighted by Crippen LogP contribution is 2.63. The first kappa shape index (κ1) is 42.8. The van der Waals surface area contributed by atoms with Crippen molar-refractivity contribution in [2.75, 3.05) is 4.90 Å². The SMILES string of the molecule is CC(C)(C)c1ccc(-c2cc(N(c3ccc(-c4ccccc4)cc3)c3ccc(-c4ccc5c(c4)C4(c6ccccc6-c6ccccc64)c4cnccc4-5)cc3)ccc2-c2cccc3c2oc2ccccc23)cc1. The number of furan rings is 1. The Morgan fingerprint density at radius 2 is 0.904 bits per heavy atom. The Bertz CT molecular complexity index is 4040. The smallest absolute Gasteiger partial charge is 0.143 e. The molecule has 0 aliphatic heterocycles. The number of para-hydroxylation sites is 2. The first-order valence-corrected chi connectivity index (χ1v) is 25.3. The molecular weight excluding hydrogens is 885 g/mol. The highest BCUT2D eigenvalue weighted by Gasteiger charge is 2.51. The van der Waals surface area contributed by atoms with Crippen LogP contribution in [0, 0.1) is 0 Å². The van der Waals surface area contributed by atoms with Crippen molar-refractivity contribution < 1.29 is 4.42 Å². The van der Waals surface area contributed by atoms with Crippen LogP contribution in [0.3, 0.4) is 0 Å². The van der Waals surface area contributed by atoms with Gasteiger partial charge in [-0.25, -0.2) is 0 Å². The molecule has 0 N–H and O–H groups in total. The van der Waals surface area contributed by atoms with Crippen molar-refractivity contribution in [2.24, 2.45) is 0 Å². The number of anilines is 3. The summed E-state index contributed by atoms with van der Waals surface area (Å²) in [5, 5.41) is 2.24. The van der Waals surface area contributed by atoms with E-state index in [0.717, 1.165) is 66.8 Å². The molecule has 10 aromatic carbocycles.